The average molecular weight is 294 g/mol. The van der Waals surface area contributed by atoms with Crippen LogP contribution in [0.4, 0.5) is 10.5 Å². The van der Waals surface area contributed by atoms with Crippen molar-refractivity contribution in [3.05, 3.63) is 29.3 Å². The molecule has 0 spiro atoms. The average Bonchev–Trinajstić information content (AvgIpc) is 2.40. The predicted molar refractivity (Wildman–Crippen MR) is 80.7 cm³/mol. The second-order valence-electron chi connectivity index (χ2n) is 5.15. The number of nitrogens with zero attached hydrogens (tertiary/aromatic N) is 1. The second kappa shape index (κ2) is 7.64. The van der Waals surface area contributed by atoms with Crippen molar-refractivity contribution < 1.29 is 19.8 Å². The number of carboxylic acid groups (broad SMARTS) is 1. The van der Waals surface area contributed by atoms with Crippen molar-refractivity contribution in [1.82, 2.24) is 4.90 Å². The molecule has 0 heterocycles. The largest absolute Gasteiger partial charge is 0.478 e. The standard InChI is InChI=1S/C15H22N2O4/c1-10(2)17(7-4-8-18)15(21)16-13-6-5-11(3)9-12(13)14(19)20/h5-6,9-10,18H,4,7-8H2,1-3H3,(H,16,21)(H,19,20). The molecule has 3 N–H and O–H groups in total. The van der Waals surface area contributed by atoms with E-state index >= 15 is 0 Å². The van der Waals surface area contributed by atoms with Crippen molar-refractivity contribution in [2.75, 3.05) is 18.5 Å². The first-order valence-electron chi connectivity index (χ1n) is 6.89. The van der Waals surface area contributed by atoms with Gasteiger partial charge in [-0.3, -0.25) is 0 Å². The molecular formula is C15H22N2O4. The van der Waals surface area contributed by atoms with Gasteiger partial charge in [0.05, 0.1) is 11.3 Å². The van der Waals surface area contributed by atoms with E-state index in [0.717, 1.165) is 5.56 Å². The number of aliphatic hydroxyl groups is 1. The Bertz CT molecular complexity index is 514. The smallest absolute Gasteiger partial charge is 0.337 e. The van der Waals surface area contributed by atoms with Crippen molar-refractivity contribution in [3.8, 4) is 0 Å². The summed E-state index contributed by atoms with van der Waals surface area (Å²) >= 11 is 0. The van der Waals surface area contributed by atoms with Gasteiger partial charge < -0.3 is 20.4 Å². The summed E-state index contributed by atoms with van der Waals surface area (Å²) in [6.07, 6.45) is 0.477. The van der Waals surface area contributed by atoms with Crippen LogP contribution < -0.4 is 5.32 Å². The first kappa shape index (κ1) is 17.0. The van der Waals surface area contributed by atoms with Crippen LogP contribution in [0.1, 0.15) is 36.2 Å². The number of aryl methyl sites for hydroxylation is 1. The number of rotatable bonds is 6. The number of amides is 2. The zero-order valence-corrected chi connectivity index (χ0v) is 12.6. The van der Waals surface area contributed by atoms with E-state index in [2.05, 4.69) is 5.32 Å². The fraction of sp³-hybridized carbons (Fsp3) is 0.467. The van der Waals surface area contributed by atoms with E-state index in [1.807, 2.05) is 13.8 Å². The molecule has 0 saturated heterocycles. The summed E-state index contributed by atoms with van der Waals surface area (Å²) in [5, 5.41) is 20.7. The molecule has 6 heteroatoms. The SMILES string of the molecule is Cc1ccc(NC(=O)N(CCCO)C(C)C)c(C(=O)O)c1. The van der Waals surface area contributed by atoms with Crippen molar-refractivity contribution in [3.63, 3.8) is 0 Å². The monoisotopic (exact) mass is 294 g/mol. The minimum Gasteiger partial charge on any atom is -0.478 e. The van der Waals surface area contributed by atoms with Gasteiger partial charge in [0.15, 0.2) is 0 Å². The molecule has 0 aliphatic rings. The maximum absolute atomic E-state index is 12.3. The fourth-order valence-electron chi connectivity index (χ4n) is 1.97. The molecule has 0 aromatic heterocycles. The molecule has 2 amide bonds. The van der Waals surface area contributed by atoms with Gasteiger partial charge in [-0.15, -0.1) is 0 Å². The van der Waals surface area contributed by atoms with Crippen molar-refractivity contribution >= 4 is 17.7 Å². The summed E-state index contributed by atoms with van der Waals surface area (Å²) in [5.41, 5.74) is 1.15. The molecule has 0 atom stereocenters. The lowest BCUT2D eigenvalue weighted by Crippen LogP contribution is -2.41. The van der Waals surface area contributed by atoms with Crippen LogP contribution in [0.3, 0.4) is 0 Å². The highest BCUT2D eigenvalue weighted by atomic mass is 16.4. The Hall–Kier alpha value is -2.08. The number of nitrogens with one attached hydrogen (secondary N) is 1. The molecule has 0 aliphatic carbocycles. The Kier molecular flexibility index (Phi) is 6.17. The van der Waals surface area contributed by atoms with Gasteiger partial charge in [0.2, 0.25) is 0 Å². The number of hydrogen-bond acceptors (Lipinski definition) is 3. The first-order valence-corrected chi connectivity index (χ1v) is 6.89. The molecule has 116 valence electrons. The van der Waals surface area contributed by atoms with Crippen LogP contribution in [-0.4, -0.2) is 46.3 Å². The van der Waals surface area contributed by atoms with E-state index in [-0.39, 0.29) is 29.9 Å². The van der Waals surface area contributed by atoms with E-state index in [0.29, 0.717) is 13.0 Å². The van der Waals surface area contributed by atoms with Crippen molar-refractivity contribution in [2.24, 2.45) is 0 Å². The highest BCUT2D eigenvalue weighted by molar-refractivity contribution is 6.00. The van der Waals surface area contributed by atoms with Crippen molar-refractivity contribution in [2.45, 2.75) is 33.2 Å². The van der Waals surface area contributed by atoms with Crippen LogP contribution in [0.2, 0.25) is 0 Å². The maximum Gasteiger partial charge on any atom is 0.337 e. The normalized spacial score (nSPS) is 10.5. The van der Waals surface area contributed by atoms with E-state index in [1.54, 1.807) is 24.0 Å². The zero-order chi connectivity index (χ0) is 16.0. The van der Waals surface area contributed by atoms with E-state index < -0.39 is 5.97 Å². The molecule has 1 aromatic rings. The second-order valence-corrected chi connectivity index (χ2v) is 5.15. The third-order valence-electron chi connectivity index (χ3n) is 3.09. The lowest BCUT2D eigenvalue weighted by molar-refractivity contribution is 0.0698. The molecule has 0 aliphatic heterocycles. The van der Waals surface area contributed by atoms with Crippen LogP contribution in [0.15, 0.2) is 18.2 Å². The van der Waals surface area contributed by atoms with Crippen LogP contribution in [0, 0.1) is 6.92 Å². The number of benzene rings is 1. The molecule has 0 saturated carbocycles. The van der Waals surface area contributed by atoms with Gasteiger partial charge in [-0.25, -0.2) is 9.59 Å². The summed E-state index contributed by atoms with van der Waals surface area (Å²) in [7, 11) is 0. The summed E-state index contributed by atoms with van der Waals surface area (Å²) in [4.78, 5) is 25.1. The van der Waals surface area contributed by atoms with Gasteiger partial charge in [0, 0.05) is 19.2 Å². The fourth-order valence-corrected chi connectivity index (χ4v) is 1.97. The molecule has 1 rings (SSSR count). The molecule has 6 nitrogen and oxygen atoms in total. The zero-order valence-electron chi connectivity index (χ0n) is 12.6. The highest BCUT2D eigenvalue weighted by Crippen LogP contribution is 2.18. The Morgan fingerprint density at radius 3 is 2.52 bits per heavy atom. The number of aromatic carboxylic acids is 1. The number of urea groups is 1. The third-order valence-corrected chi connectivity index (χ3v) is 3.09. The Morgan fingerprint density at radius 1 is 1.33 bits per heavy atom. The number of carboxylic acids is 1. The van der Waals surface area contributed by atoms with Gasteiger partial charge in [-0.1, -0.05) is 11.6 Å². The molecule has 0 bridgehead atoms. The van der Waals surface area contributed by atoms with E-state index in [4.69, 9.17) is 5.11 Å². The van der Waals surface area contributed by atoms with Gasteiger partial charge in [-0.05, 0) is 39.3 Å². The third kappa shape index (κ3) is 4.75. The summed E-state index contributed by atoms with van der Waals surface area (Å²) < 4.78 is 0. The minimum absolute atomic E-state index is 0.00140. The van der Waals surface area contributed by atoms with E-state index in [9.17, 15) is 14.7 Å². The topological polar surface area (TPSA) is 89.9 Å². The maximum atomic E-state index is 12.3. The summed E-state index contributed by atoms with van der Waals surface area (Å²) in [6.45, 7) is 5.93. The van der Waals surface area contributed by atoms with Crippen LogP contribution in [-0.2, 0) is 0 Å². The van der Waals surface area contributed by atoms with Crippen molar-refractivity contribution in [1.29, 1.82) is 0 Å². The lowest BCUT2D eigenvalue weighted by atomic mass is 10.1. The molecule has 0 fully saturated rings. The molecule has 1 aromatic carbocycles. The molecule has 0 unspecified atom stereocenters. The molecule has 21 heavy (non-hydrogen) atoms. The summed E-state index contributed by atoms with van der Waals surface area (Å²) in [6, 6.07) is 4.43. The molecule has 0 radical (unpaired) electrons. The summed E-state index contributed by atoms with van der Waals surface area (Å²) in [5.74, 6) is -1.08. The minimum atomic E-state index is -1.08. The van der Waals surface area contributed by atoms with Gasteiger partial charge in [0.1, 0.15) is 0 Å². The Balaban J connectivity index is 2.93. The van der Waals surface area contributed by atoms with Gasteiger partial charge in [0.25, 0.3) is 0 Å². The lowest BCUT2D eigenvalue weighted by Gasteiger charge is -2.27. The number of carbonyl (C=O) groups excluding carboxylic acids is 1. The Labute approximate surface area is 124 Å². The quantitative estimate of drug-likeness (QED) is 0.751. The van der Waals surface area contributed by atoms with Crippen LogP contribution in [0.5, 0.6) is 0 Å². The number of hydrogen-bond donors (Lipinski definition) is 3. The number of aliphatic hydroxyl groups excluding tert-OH is 1. The predicted octanol–water partition coefficient (Wildman–Crippen LogP) is 2.32. The first-order chi connectivity index (χ1) is 9.86. The van der Waals surface area contributed by atoms with E-state index in [1.165, 1.54) is 6.07 Å². The Morgan fingerprint density at radius 2 is 2.00 bits per heavy atom. The highest BCUT2D eigenvalue weighted by Gasteiger charge is 2.19. The van der Waals surface area contributed by atoms with Crippen LogP contribution >= 0.6 is 0 Å². The van der Waals surface area contributed by atoms with Gasteiger partial charge >= 0.3 is 12.0 Å². The number of carbonyl (C=O) groups is 2. The molecular weight excluding hydrogens is 272 g/mol. The number of anilines is 1. The van der Waals surface area contributed by atoms with Crippen LogP contribution in [0.25, 0.3) is 0 Å². The van der Waals surface area contributed by atoms with Gasteiger partial charge in [-0.2, -0.15) is 0 Å².